The highest BCUT2D eigenvalue weighted by Crippen LogP contribution is 2.06. The van der Waals surface area contributed by atoms with E-state index in [-0.39, 0.29) is 6.61 Å². The van der Waals surface area contributed by atoms with Crippen molar-refractivity contribution in [1.82, 2.24) is 0 Å². The van der Waals surface area contributed by atoms with Gasteiger partial charge in [-0.15, -0.1) is 0 Å². The number of hydrogen-bond acceptors (Lipinski definition) is 3. The number of aliphatic hydroxyl groups excluding tert-OH is 1. The number of benzene rings is 1. The molecule has 1 rings (SSSR count). The van der Waals surface area contributed by atoms with E-state index in [1.54, 1.807) is 6.92 Å². The molecule has 1 unspecified atom stereocenters. The molecule has 0 spiro atoms. The maximum atomic E-state index is 8.85. The van der Waals surface area contributed by atoms with E-state index >= 15 is 0 Å². The molecule has 0 fully saturated rings. The van der Waals surface area contributed by atoms with Crippen LogP contribution < -0.4 is 4.65 Å². The smallest absolute Gasteiger partial charge is 0.537 e. The average Bonchev–Trinajstić information content (AvgIpc) is 2.14. The summed E-state index contributed by atoms with van der Waals surface area (Å²) < 4.78 is 10.00. The third-order valence-electron chi connectivity index (χ3n) is 1.33. The minimum Gasteiger partial charge on any atom is -0.537 e. The highest BCUT2D eigenvalue weighted by molar-refractivity contribution is 6.19. The number of rotatable bonds is 5. The van der Waals surface area contributed by atoms with Crippen LogP contribution in [0.4, 0.5) is 0 Å². The van der Waals surface area contributed by atoms with Gasteiger partial charge in [-0.1, -0.05) is 18.2 Å². The van der Waals surface area contributed by atoms with Gasteiger partial charge in [0.1, 0.15) is 0 Å². The van der Waals surface area contributed by atoms with Gasteiger partial charge in [0.25, 0.3) is 0 Å². The maximum Gasteiger partial charge on any atom is 0.572 e. The van der Waals surface area contributed by atoms with Crippen molar-refractivity contribution >= 4 is 7.69 Å². The van der Waals surface area contributed by atoms with Crippen molar-refractivity contribution in [2.75, 3.05) is 6.61 Å². The normalized spacial score (nSPS) is 12.2. The monoisotopic (exact) mass is 179 g/mol. The minimum absolute atomic E-state index is 0.243. The molecule has 0 amide bonds. The first-order chi connectivity index (χ1) is 6.29. The largest absolute Gasteiger partial charge is 0.572 e. The van der Waals surface area contributed by atoms with Crippen LogP contribution in [0.3, 0.4) is 0 Å². The summed E-state index contributed by atoms with van der Waals surface area (Å²) in [4.78, 5) is 0. The molecule has 1 atom stereocenters. The summed E-state index contributed by atoms with van der Waals surface area (Å²) in [6.45, 7) is 1.89. The topological polar surface area (TPSA) is 38.7 Å². The van der Waals surface area contributed by atoms with Crippen molar-refractivity contribution in [2.45, 2.75) is 13.0 Å². The molecule has 0 aliphatic heterocycles. The Hall–Kier alpha value is -0.995. The van der Waals surface area contributed by atoms with Crippen molar-refractivity contribution in [3.05, 3.63) is 30.3 Å². The SMILES string of the molecule is CC(O)CO[B]Oc1ccccc1. The molecule has 13 heavy (non-hydrogen) atoms. The molecule has 4 heteroatoms. The zero-order valence-electron chi connectivity index (χ0n) is 7.51. The summed E-state index contributed by atoms with van der Waals surface area (Å²) in [7, 11) is 1.22. The van der Waals surface area contributed by atoms with Crippen LogP contribution in [0.5, 0.6) is 5.75 Å². The molecular weight excluding hydrogens is 167 g/mol. The summed E-state index contributed by atoms with van der Waals surface area (Å²) in [5, 5.41) is 8.85. The molecule has 0 bridgehead atoms. The molecule has 1 N–H and O–H groups in total. The van der Waals surface area contributed by atoms with Crippen molar-refractivity contribution < 1.29 is 14.4 Å². The van der Waals surface area contributed by atoms with Crippen LogP contribution in [0.1, 0.15) is 6.92 Å². The Balaban J connectivity index is 2.13. The lowest BCUT2D eigenvalue weighted by molar-refractivity contribution is 0.117. The fraction of sp³-hybridized carbons (Fsp3) is 0.333. The summed E-state index contributed by atoms with van der Waals surface area (Å²) in [6.07, 6.45) is -0.476. The molecule has 0 saturated heterocycles. The van der Waals surface area contributed by atoms with Crippen LogP contribution in [0.2, 0.25) is 0 Å². The van der Waals surface area contributed by atoms with Crippen LogP contribution in [-0.4, -0.2) is 25.5 Å². The van der Waals surface area contributed by atoms with Gasteiger partial charge in [0, 0.05) is 0 Å². The molecule has 1 radical (unpaired) electrons. The molecule has 0 aliphatic rings. The van der Waals surface area contributed by atoms with Gasteiger partial charge < -0.3 is 14.4 Å². The van der Waals surface area contributed by atoms with Gasteiger partial charge in [-0.05, 0) is 19.1 Å². The number of para-hydroxylation sites is 1. The van der Waals surface area contributed by atoms with E-state index in [0.29, 0.717) is 5.75 Å². The van der Waals surface area contributed by atoms with Crippen LogP contribution in [0.25, 0.3) is 0 Å². The first-order valence-electron chi connectivity index (χ1n) is 4.12. The summed E-state index contributed by atoms with van der Waals surface area (Å²) in [5.74, 6) is 0.716. The van der Waals surface area contributed by atoms with E-state index in [9.17, 15) is 0 Å². The molecule has 69 valence electrons. The molecule has 1 aromatic carbocycles. The Morgan fingerprint density at radius 1 is 1.38 bits per heavy atom. The lowest BCUT2D eigenvalue weighted by Crippen LogP contribution is -2.16. The fourth-order valence-electron chi connectivity index (χ4n) is 0.767. The second kappa shape index (κ2) is 5.62. The standard InChI is InChI=1S/C9H12BO3/c1-8(11)7-12-10-13-9-5-3-2-4-6-9/h2-6,8,11H,7H2,1H3. The van der Waals surface area contributed by atoms with Crippen LogP contribution in [0, 0.1) is 0 Å². The zero-order valence-corrected chi connectivity index (χ0v) is 7.51. The van der Waals surface area contributed by atoms with Gasteiger partial charge in [-0.3, -0.25) is 0 Å². The van der Waals surface area contributed by atoms with Gasteiger partial charge in [0.15, 0.2) is 0 Å². The first-order valence-corrected chi connectivity index (χ1v) is 4.12. The quantitative estimate of drug-likeness (QED) is 0.541. The maximum absolute atomic E-state index is 8.85. The molecule has 3 nitrogen and oxygen atoms in total. The fourth-order valence-corrected chi connectivity index (χ4v) is 0.767. The predicted octanol–water partition coefficient (Wildman–Crippen LogP) is 0.997. The first kappa shape index (κ1) is 10.1. The van der Waals surface area contributed by atoms with E-state index in [0.717, 1.165) is 0 Å². The van der Waals surface area contributed by atoms with Crippen LogP contribution >= 0.6 is 0 Å². The van der Waals surface area contributed by atoms with Gasteiger partial charge in [0.2, 0.25) is 0 Å². The molecule has 0 aromatic heterocycles. The lowest BCUT2D eigenvalue weighted by atomic mass is 10.3. The van der Waals surface area contributed by atoms with E-state index in [4.69, 9.17) is 14.4 Å². The number of aliphatic hydroxyl groups is 1. The number of hydrogen-bond donors (Lipinski definition) is 1. The highest BCUT2D eigenvalue weighted by Gasteiger charge is 1.99. The van der Waals surface area contributed by atoms with E-state index < -0.39 is 6.10 Å². The lowest BCUT2D eigenvalue weighted by Gasteiger charge is -2.05. The Morgan fingerprint density at radius 2 is 2.08 bits per heavy atom. The molecular formula is C9H12BO3. The van der Waals surface area contributed by atoms with E-state index in [1.807, 2.05) is 30.3 Å². The van der Waals surface area contributed by atoms with Crippen molar-refractivity contribution in [3.63, 3.8) is 0 Å². The predicted molar refractivity (Wildman–Crippen MR) is 50.5 cm³/mol. The van der Waals surface area contributed by atoms with Crippen molar-refractivity contribution in [2.24, 2.45) is 0 Å². The van der Waals surface area contributed by atoms with Gasteiger partial charge in [-0.25, -0.2) is 0 Å². The Bertz CT molecular complexity index is 226. The van der Waals surface area contributed by atoms with Gasteiger partial charge in [0.05, 0.1) is 18.5 Å². The minimum atomic E-state index is -0.476. The van der Waals surface area contributed by atoms with E-state index in [1.165, 1.54) is 7.69 Å². The zero-order chi connectivity index (χ0) is 9.52. The van der Waals surface area contributed by atoms with Crippen LogP contribution in [-0.2, 0) is 4.65 Å². The highest BCUT2D eigenvalue weighted by atomic mass is 16.6. The Labute approximate surface area is 78.6 Å². The summed E-state index contributed by atoms with van der Waals surface area (Å²) >= 11 is 0. The van der Waals surface area contributed by atoms with E-state index in [2.05, 4.69) is 0 Å². The third-order valence-corrected chi connectivity index (χ3v) is 1.33. The van der Waals surface area contributed by atoms with Gasteiger partial charge in [-0.2, -0.15) is 0 Å². The van der Waals surface area contributed by atoms with Crippen molar-refractivity contribution in [3.8, 4) is 5.75 Å². The Kier molecular flexibility index (Phi) is 4.36. The molecule has 0 heterocycles. The third kappa shape index (κ3) is 4.55. The van der Waals surface area contributed by atoms with Crippen molar-refractivity contribution in [1.29, 1.82) is 0 Å². The molecule has 0 aliphatic carbocycles. The summed E-state index contributed by atoms with van der Waals surface area (Å²) in [6, 6.07) is 9.30. The second-order valence-electron chi connectivity index (χ2n) is 2.71. The second-order valence-corrected chi connectivity index (χ2v) is 2.71. The molecule has 1 aromatic rings. The average molecular weight is 179 g/mol. The van der Waals surface area contributed by atoms with Crippen LogP contribution in [0.15, 0.2) is 30.3 Å². The molecule has 0 saturated carbocycles. The van der Waals surface area contributed by atoms with Gasteiger partial charge >= 0.3 is 7.69 Å². The Morgan fingerprint density at radius 3 is 2.69 bits per heavy atom. The summed E-state index contributed by atoms with van der Waals surface area (Å²) in [5.41, 5.74) is 0.